The third-order valence-electron chi connectivity index (χ3n) is 3.30. The van der Waals surface area contributed by atoms with Gasteiger partial charge in [-0.05, 0) is 18.6 Å². The number of hydrogen-bond donors (Lipinski definition) is 0. The first-order chi connectivity index (χ1) is 11.7. The average Bonchev–Trinajstić information content (AvgIpc) is 2.99. The third kappa shape index (κ3) is 4.85. The fourth-order valence-corrected chi connectivity index (χ4v) is 3.10. The van der Waals surface area contributed by atoms with Crippen molar-refractivity contribution in [3.8, 4) is 5.69 Å². The standard InChI is InChI=1S/C17H21ClN4OS/c1-3-9-21(16(23)7-11-24-10-4-2)15-13-22(20-17(15)18)14-6-5-8-19-12-14/h4-6,8,12-13H,2-3,7,9-11H2,1H3. The Morgan fingerprint density at radius 3 is 3.04 bits per heavy atom. The number of halogens is 1. The summed E-state index contributed by atoms with van der Waals surface area (Å²) >= 11 is 7.98. The van der Waals surface area contributed by atoms with Crippen LogP contribution in [-0.2, 0) is 4.79 Å². The highest BCUT2D eigenvalue weighted by Crippen LogP contribution is 2.27. The van der Waals surface area contributed by atoms with Crippen LogP contribution < -0.4 is 4.90 Å². The fourth-order valence-electron chi connectivity index (χ4n) is 2.21. The molecule has 0 N–H and O–H groups in total. The van der Waals surface area contributed by atoms with Gasteiger partial charge in [-0.1, -0.05) is 24.6 Å². The second-order valence-corrected chi connectivity index (χ2v) is 6.63. The van der Waals surface area contributed by atoms with E-state index >= 15 is 0 Å². The Hall–Kier alpha value is -1.79. The zero-order chi connectivity index (χ0) is 17.4. The van der Waals surface area contributed by atoms with Crippen LogP contribution in [0.2, 0.25) is 5.15 Å². The molecule has 0 aromatic carbocycles. The van der Waals surface area contributed by atoms with Crippen LogP contribution in [0.3, 0.4) is 0 Å². The van der Waals surface area contributed by atoms with Crippen molar-refractivity contribution in [3.63, 3.8) is 0 Å². The Balaban J connectivity index is 2.17. The van der Waals surface area contributed by atoms with E-state index in [9.17, 15) is 4.79 Å². The maximum Gasteiger partial charge on any atom is 0.227 e. The molecule has 0 aliphatic heterocycles. The predicted octanol–water partition coefficient (Wildman–Crippen LogP) is 3.97. The minimum atomic E-state index is 0.0565. The Labute approximate surface area is 151 Å². The first-order valence-electron chi connectivity index (χ1n) is 7.82. The molecular formula is C17H21ClN4OS. The average molecular weight is 365 g/mol. The lowest BCUT2D eigenvalue weighted by Crippen LogP contribution is -2.31. The molecular weight excluding hydrogens is 344 g/mol. The Morgan fingerprint density at radius 2 is 2.38 bits per heavy atom. The van der Waals surface area contributed by atoms with Crippen LogP contribution in [0.1, 0.15) is 19.8 Å². The zero-order valence-electron chi connectivity index (χ0n) is 13.7. The van der Waals surface area contributed by atoms with E-state index in [1.807, 2.05) is 25.1 Å². The first-order valence-corrected chi connectivity index (χ1v) is 9.35. The van der Waals surface area contributed by atoms with E-state index in [1.165, 1.54) is 0 Å². The summed E-state index contributed by atoms with van der Waals surface area (Å²) in [4.78, 5) is 18.4. The summed E-state index contributed by atoms with van der Waals surface area (Å²) in [6.45, 7) is 6.33. The van der Waals surface area contributed by atoms with Crippen LogP contribution in [0.4, 0.5) is 5.69 Å². The number of anilines is 1. The number of carbonyl (C=O) groups excluding carboxylic acids is 1. The lowest BCUT2D eigenvalue weighted by atomic mass is 10.3. The number of nitrogens with zero attached hydrogens (tertiary/aromatic N) is 4. The lowest BCUT2D eigenvalue weighted by molar-refractivity contribution is -0.118. The molecule has 0 fully saturated rings. The van der Waals surface area contributed by atoms with Crippen LogP contribution in [0.5, 0.6) is 0 Å². The minimum Gasteiger partial charge on any atom is -0.308 e. The summed E-state index contributed by atoms with van der Waals surface area (Å²) in [5.74, 6) is 1.67. The van der Waals surface area contributed by atoms with Gasteiger partial charge in [-0.2, -0.15) is 16.9 Å². The lowest BCUT2D eigenvalue weighted by Gasteiger charge is -2.20. The summed E-state index contributed by atoms with van der Waals surface area (Å²) < 4.78 is 1.65. The fraction of sp³-hybridized carbons (Fsp3) is 0.353. The van der Waals surface area contributed by atoms with E-state index < -0.39 is 0 Å². The van der Waals surface area contributed by atoms with Gasteiger partial charge in [0.15, 0.2) is 5.15 Å². The molecule has 0 saturated heterocycles. The molecule has 2 heterocycles. The van der Waals surface area contributed by atoms with Crippen molar-refractivity contribution in [2.45, 2.75) is 19.8 Å². The van der Waals surface area contributed by atoms with Crippen molar-refractivity contribution in [3.05, 3.63) is 48.5 Å². The van der Waals surface area contributed by atoms with Gasteiger partial charge in [-0.15, -0.1) is 6.58 Å². The highest BCUT2D eigenvalue weighted by Gasteiger charge is 2.20. The molecule has 128 valence electrons. The Bertz CT molecular complexity index is 674. The van der Waals surface area contributed by atoms with Crippen LogP contribution in [0, 0.1) is 0 Å². The first kappa shape index (κ1) is 18.5. The maximum absolute atomic E-state index is 12.6. The van der Waals surface area contributed by atoms with Gasteiger partial charge in [0.25, 0.3) is 0 Å². The quantitative estimate of drug-likeness (QED) is 0.499. The zero-order valence-corrected chi connectivity index (χ0v) is 15.3. The molecule has 7 heteroatoms. The molecule has 0 saturated carbocycles. The second kappa shape index (κ2) is 9.49. The van der Waals surface area contributed by atoms with E-state index in [2.05, 4.69) is 16.7 Å². The number of amides is 1. The summed E-state index contributed by atoms with van der Waals surface area (Å²) in [7, 11) is 0. The van der Waals surface area contributed by atoms with E-state index in [-0.39, 0.29) is 5.91 Å². The van der Waals surface area contributed by atoms with Crippen molar-refractivity contribution in [2.75, 3.05) is 23.0 Å². The van der Waals surface area contributed by atoms with Crippen molar-refractivity contribution >= 4 is 35.0 Å². The smallest absolute Gasteiger partial charge is 0.227 e. The van der Waals surface area contributed by atoms with Gasteiger partial charge in [0, 0.05) is 30.7 Å². The summed E-state index contributed by atoms with van der Waals surface area (Å²) in [6, 6.07) is 3.72. The number of carbonyl (C=O) groups is 1. The highest BCUT2D eigenvalue weighted by molar-refractivity contribution is 7.99. The molecule has 0 radical (unpaired) electrons. The molecule has 2 rings (SSSR count). The summed E-state index contributed by atoms with van der Waals surface area (Å²) in [5.41, 5.74) is 1.44. The molecule has 24 heavy (non-hydrogen) atoms. The van der Waals surface area contributed by atoms with Gasteiger partial charge in [-0.25, -0.2) is 4.68 Å². The van der Waals surface area contributed by atoms with Crippen LogP contribution >= 0.6 is 23.4 Å². The number of pyridine rings is 1. The number of rotatable bonds is 9. The second-order valence-electron chi connectivity index (χ2n) is 5.12. The number of aromatic nitrogens is 3. The molecule has 5 nitrogen and oxygen atoms in total. The molecule has 0 spiro atoms. The molecule has 0 unspecified atom stereocenters. The maximum atomic E-state index is 12.6. The number of hydrogen-bond acceptors (Lipinski definition) is 4. The van der Waals surface area contributed by atoms with E-state index in [0.29, 0.717) is 23.8 Å². The Kier molecular flexibility index (Phi) is 7.34. The van der Waals surface area contributed by atoms with E-state index in [0.717, 1.165) is 23.6 Å². The molecule has 0 bridgehead atoms. The normalized spacial score (nSPS) is 10.6. The van der Waals surface area contributed by atoms with Crippen LogP contribution in [0.25, 0.3) is 5.69 Å². The van der Waals surface area contributed by atoms with Gasteiger partial charge in [-0.3, -0.25) is 9.78 Å². The predicted molar refractivity (Wildman–Crippen MR) is 101 cm³/mol. The largest absolute Gasteiger partial charge is 0.308 e. The van der Waals surface area contributed by atoms with Gasteiger partial charge in [0.1, 0.15) is 5.69 Å². The van der Waals surface area contributed by atoms with Gasteiger partial charge in [0.05, 0.1) is 18.1 Å². The molecule has 2 aromatic heterocycles. The van der Waals surface area contributed by atoms with Gasteiger partial charge < -0.3 is 4.90 Å². The minimum absolute atomic E-state index is 0.0565. The molecule has 2 aromatic rings. The van der Waals surface area contributed by atoms with E-state index in [1.54, 1.807) is 39.9 Å². The van der Waals surface area contributed by atoms with E-state index in [4.69, 9.17) is 11.6 Å². The third-order valence-corrected chi connectivity index (χ3v) is 4.53. The monoisotopic (exact) mass is 364 g/mol. The molecule has 0 aliphatic carbocycles. The SMILES string of the molecule is C=CCSCCC(=O)N(CCC)c1cn(-c2cccnc2)nc1Cl. The highest BCUT2D eigenvalue weighted by atomic mass is 35.5. The van der Waals surface area contributed by atoms with Crippen molar-refractivity contribution in [1.82, 2.24) is 14.8 Å². The van der Waals surface area contributed by atoms with Crippen LogP contribution in [0.15, 0.2) is 43.4 Å². The Morgan fingerprint density at radius 1 is 1.54 bits per heavy atom. The molecule has 1 amide bonds. The molecule has 0 atom stereocenters. The van der Waals surface area contributed by atoms with Gasteiger partial charge in [0.2, 0.25) is 5.91 Å². The van der Waals surface area contributed by atoms with Crippen LogP contribution in [-0.4, -0.2) is 38.7 Å². The van der Waals surface area contributed by atoms with Gasteiger partial charge >= 0.3 is 0 Å². The topological polar surface area (TPSA) is 51.0 Å². The van der Waals surface area contributed by atoms with Crippen molar-refractivity contribution in [2.24, 2.45) is 0 Å². The summed E-state index contributed by atoms with van der Waals surface area (Å²) in [5, 5.41) is 4.62. The molecule has 0 aliphatic rings. The number of thioether (sulfide) groups is 1. The van der Waals surface area contributed by atoms with Crippen molar-refractivity contribution < 1.29 is 4.79 Å². The summed E-state index contributed by atoms with van der Waals surface area (Å²) in [6.07, 6.45) is 8.33. The van der Waals surface area contributed by atoms with Crippen molar-refractivity contribution in [1.29, 1.82) is 0 Å².